The van der Waals surface area contributed by atoms with Crippen molar-refractivity contribution in [3.8, 4) is 5.75 Å². The molecule has 0 aliphatic carbocycles. The first-order chi connectivity index (χ1) is 17.0. The second-order valence-corrected chi connectivity index (χ2v) is 8.76. The van der Waals surface area contributed by atoms with Gasteiger partial charge in [-0.1, -0.05) is 24.3 Å². The van der Waals surface area contributed by atoms with E-state index in [2.05, 4.69) is 27.0 Å². The van der Waals surface area contributed by atoms with Crippen LogP contribution in [0.25, 0.3) is 5.70 Å². The van der Waals surface area contributed by atoms with Crippen LogP contribution in [0, 0.1) is 5.82 Å². The van der Waals surface area contributed by atoms with Crippen molar-refractivity contribution < 1.29 is 13.9 Å². The number of methoxy groups -OCH3 is 1. The molecule has 0 bridgehead atoms. The van der Waals surface area contributed by atoms with Gasteiger partial charge in [0.2, 0.25) is 5.91 Å². The Balaban J connectivity index is 1.48. The fourth-order valence-electron chi connectivity index (χ4n) is 4.75. The molecule has 1 amide bonds. The molecule has 5 rings (SSSR count). The highest BCUT2D eigenvalue weighted by Crippen LogP contribution is 2.36. The quantitative estimate of drug-likeness (QED) is 0.480. The SMILES string of the molecule is COc1cc(C2CCNCC2)ccc1NN1C=C(Cc2ccccc2F)n2cnnc2C1C(N)=O. The van der Waals surface area contributed by atoms with Gasteiger partial charge in [-0.05, 0) is 61.2 Å². The molecular formula is C25H28FN7O2. The van der Waals surface area contributed by atoms with Crippen LogP contribution in [0.5, 0.6) is 5.75 Å². The minimum atomic E-state index is -0.921. The number of allylic oxidation sites excluding steroid dienone is 1. The van der Waals surface area contributed by atoms with E-state index >= 15 is 0 Å². The van der Waals surface area contributed by atoms with Crippen LogP contribution in [0.3, 0.4) is 0 Å². The number of carbonyl (C=O) groups is 1. The molecule has 9 nitrogen and oxygen atoms in total. The first kappa shape index (κ1) is 22.9. The predicted molar refractivity (Wildman–Crippen MR) is 130 cm³/mol. The first-order valence-electron chi connectivity index (χ1n) is 11.6. The summed E-state index contributed by atoms with van der Waals surface area (Å²) in [5.41, 5.74) is 12.1. The summed E-state index contributed by atoms with van der Waals surface area (Å²) in [4.78, 5) is 12.5. The Kier molecular flexibility index (Phi) is 6.37. The Bertz CT molecular complexity index is 1250. The molecule has 1 atom stereocenters. The highest BCUT2D eigenvalue weighted by atomic mass is 19.1. The number of nitrogens with one attached hydrogen (secondary N) is 2. The number of ether oxygens (including phenoxy) is 1. The number of nitrogens with zero attached hydrogens (tertiary/aromatic N) is 4. The Morgan fingerprint density at radius 2 is 2.06 bits per heavy atom. The summed E-state index contributed by atoms with van der Waals surface area (Å²) in [5, 5.41) is 13.1. The van der Waals surface area contributed by atoms with Crippen LogP contribution in [-0.2, 0) is 11.2 Å². The number of carbonyl (C=O) groups excluding carboxylic acids is 1. The van der Waals surface area contributed by atoms with Gasteiger partial charge in [-0.2, -0.15) is 0 Å². The van der Waals surface area contributed by atoms with Crippen LogP contribution >= 0.6 is 0 Å². The maximum absolute atomic E-state index is 14.4. The van der Waals surface area contributed by atoms with Crippen molar-refractivity contribution in [2.75, 3.05) is 25.6 Å². The molecule has 1 unspecified atom stereocenters. The highest BCUT2D eigenvalue weighted by molar-refractivity contribution is 5.82. The van der Waals surface area contributed by atoms with Gasteiger partial charge in [0.15, 0.2) is 11.9 Å². The van der Waals surface area contributed by atoms with Gasteiger partial charge in [0.1, 0.15) is 17.9 Å². The molecule has 35 heavy (non-hydrogen) atoms. The summed E-state index contributed by atoms with van der Waals surface area (Å²) in [6.07, 6.45) is 5.66. The molecule has 2 aliphatic heterocycles. The number of benzene rings is 2. The number of fused-ring (bicyclic) bond motifs is 1. The Morgan fingerprint density at radius 3 is 2.80 bits per heavy atom. The lowest BCUT2D eigenvalue weighted by Crippen LogP contribution is -2.42. The number of aromatic nitrogens is 3. The van der Waals surface area contributed by atoms with Gasteiger partial charge in [0, 0.05) is 18.3 Å². The molecule has 3 heterocycles. The topological polar surface area (TPSA) is 110 Å². The van der Waals surface area contributed by atoms with Gasteiger partial charge in [-0.15, -0.1) is 10.2 Å². The normalized spacial score (nSPS) is 18.1. The second-order valence-electron chi connectivity index (χ2n) is 8.76. The lowest BCUT2D eigenvalue weighted by molar-refractivity contribution is -0.122. The minimum absolute atomic E-state index is 0.271. The average molecular weight is 478 g/mol. The van der Waals surface area contributed by atoms with E-state index in [-0.39, 0.29) is 12.2 Å². The van der Waals surface area contributed by atoms with E-state index in [1.165, 1.54) is 18.0 Å². The third kappa shape index (κ3) is 4.57. The molecule has 0 spiro atoms. The van der Waals surface area contributed by atoms with Crippen LogP contribution in [0.1, 0.15) is 41.8 Å². The number of nitrogens with two attached hydrogens (primary N) is 1. The lowest BCUT2D eigenvalue weighted by atomic mass is 9.90. The Morgan fingerprint density at radius 1 is 1.26 bits per heavy atom. The maximum Gasteiger partial charge on any atom is 0.250 e. The van der Waals surface area contributed by atoms with Crippen molar-refractivity contribution in [3.63, 3.8) is 0 Å². The van der Waals surface area contributed by atoms with E-state index in [1.807, 2.05) is 12.1 Å². The van der Waals surface area contributed by atoms with E-state index in [9.17, 15) is 9.18 Å². The first-order valence-corrected chi connectivity index (χ1v) is 11.6. The van der Waals surface area contributed by atoms with Crippen molar-refractivity contribution in [2.45, 2.75) is 31.2 Å². The summed E-state index contributed by atoms with van der Waals surface area (Å²) in [6.45, 7) is 1.99. The zero-order valence-electron chi connectivity index (χ0n) is 19.4. The minimum Gasteiger partial charge on any atom is -0.495 e. The lowest BCUT2D eigenvalue weighted by Gasteiger charge is -2.34. The van der Waals surface area contributed by atoms with Gasteiger partial charge in [0.25, 0.3) is 0 Å². The molecule has 1 saturated heterocycles. The highest BCUT2D eigenvalue weighted by Gasteiger charge is 2.34. The van der Waals surface area contributed by atoms with Gasteiger partial charge in [-0.3, -0.25) is 19.8 Å². The van der Waals surface area contributed by atoms with E-state index in [1.54, 1.807) is 41.1 Å². The zero-order chi connectivity index (χ0) is 24.4. The molecule has 4 N–H and O–H groups in total. The van der Waals surface area contributed by atoms with E-state index in [4.69, 9.17) is 10.5 Å². The standard InChI is InChI=1S/C25H28FN7O2/c1-35-22-13-17(16-8-10-28-11-9-16)6-7-21(22)31-33-14-19(12-18-4-2-3-5-20(18)26)32-15-29-30-25(32)23(33)24(27)34/h2-7,13-16,23,28,31H,8-12H2,1H3,(H2,27,34). The molecule has 182 valence electrons. The molecule has 1 fully saturated rings. The summed E-state index contributed by atoms with van der Waals surface area (Å²) in [5.74, 6) is 0.566. The van der Waals surface area contributed by atoms with Gasteiger partial charge < -0.3 is 15.8 Å². The molecule has 2 aliphatic rings. The number of piperidine rings is 1. The predicted octanol–water partition coefficient (Wildman–Crippen LogP) is 2.80. The van der Waals surface area contributed by atoms with Crippen molar-refractivity contribution in [3.05, 3.63) is 77.8 Å². The number of hydrogen-bond acceptors (Lipinski definition) is 7. The van der Waals surface area contributed by atoms with Gasteiger partial charge >= 0.3 is 0 Å². The molecule has 0 saturated carbocycles. The molecule has 0 radical (unpaired) electrons. The number of amides is 1. The van der Waals surface area contributed by atoms with Gasteiger partial charge in [0.05, 0.1) is 12.8 Å². The van der Waals surface area contributed by atoms with Gasteiger partial charge in [-0.25, -0.2) is 4.39 Å². The Hall–Kier alpha value is -3.92. The third-order valence-electron chi connectivity index (χ3n) is 6.58. The molecule has 3 aromatic rings. The second kappa shape index (κ2) is 9.75. The van der Waals surface area contributed by atoms with Crippen LogP contribution in [-0.4, -0.2) is 45.9 Å². The van der Waals surface area contributed by atoms with E-state index in [0.29, 0.717) is 34.4 Å². The fourth-order valence-corrected chi connectivity index (χ4v) is 4.75. The van der Waals surface area contributed by atoms with Crippen molar-refractivity contribution in [1.29, 1.82) is 0 Å². The summed E-state index contributed by atoms with van der Waals surface area (Å²) >= 11 is 0. The molecular weight excluding hydrogens is 449 g/mol. The number of halogens is 1. The summed E-state index contributed by atoms with van der Waals surface area (Å²) in [6, 6.07) is 11.7. The van der Waals surface area contributed by atoms with Crippen LogP contribution < -0.4 is 21.2 Å². The number of primary amides is 1. The van der Waals surface area contributed by atoms with Crippen LogP contribution in [0.15, 0.2) is 55.0 Å². The number of rotatable bonds is 7. The third-order valence-corrected chi connectivity index (χ3v) is 6.58. The maximum atomic E-state index is 14.4. The van der Waals surface area contributed by atoms with Crippen molar-refractivity contribution >= 4 is 17.3 Å². The number of hydrogen-bond donors (Lipinski definition) is 3. The monoisotopic (exact) mass is 477 g/mol. The smallest absolute Gasteiger partial charge is 0.250 e. The summed E-state index contributed by atoms with van der Waals surface area (Å²) < 4.78 is 21.8. The summed E-state index contributed by atoms with van der Waals surface area (Å²) in [7, 11) is 1.62. The average Bonchev–Trinajstić information content (AvgIpc) is 3.36. The van der Waals surface area contributed by atoms with Crippen molar-refractivity contribution in [1.82, 2.24) is 25.1 Å². The number of anilines is 1. The van der Waals surface area contributed by atoms with E-state index in [0.717, 1.165) is 25.9 Å². The largest absolute Gasteiger partial charge is 0.495 e. The fraction of sp³-hybridized carbons (Fsp3) is 0.320. The van der Waals surface area contributed by atoms with E-state index < -0.39 is 11.9 Å². The van der Waals surface area contributed by atoms with Crippen molar-refractivity contribution in [2.24, 2.45) is 5.73 Å². The van der Waals surface area contributed by atoms with Crippen LogP contribution in [0.4, 0.5) is 10.1 Å². The molecule has 10 heteroatoms. The molecule has 1 aromatic heterocycles. The van der Waals surface area contributed by atoms with Crippen LogP contribution in [0.2, 0.25) is 0 Å². The molecule has 2 aromatic carbocycles. The number of hydrazine groups is 1. The Labute approximate surface area is 202 Å². The zero-order valence-corrected chi connectivity index (χ0v) is 19.4.